The molecule has 0 aliphatic carbocycles. The van der Waals surface area contributed by atoms with Crippen LogP contribution in [0.2, 0.25) is 0 Å². The van der Waals surface area contributed by atoms with E-state index in [4.69, 9.17) is 22.4 Å². The van der Waals surface area contributed by atoms with Crippen molar-refractivity contribution in [1.29, 1.82) is 0 Å². The fraction of sp³-hybridized carbons (Fsp3) is 0. The van der Waals surface area contributed by atoms with Gasteiger partial charge in [0, 0.05) is 0 Å². The molecule has 0 radical (unpaired) electrons. The van der Waals surface area contributed by atoms with Gasteiger partial charge in [0.15, 0.2) is 5.29 Å². The Labute approximate surface area is 58.2 Å². The average Bonchev–Trinajstić information content (AvgIpc) is 1.63. The Bertz CT molecular complexity index is 158. The normalized spacial score (nSPS) is 13.4. The minimum Gasteiger partial charge on any atom is -0.493 e. The van der Waals surface area contributed by atoms with Crippen LogP contribution in [-0.2, 0) is 0 Å². The molecular weight excluding hydrogens is 140 g/mol. The summed E-state index contributed by atoms with van der Waals surface area (Å²) >= 11 is 5.10. The number of aliphatic imine (C=N–C) groups is 1. The molecule has 0 atom stereocenters. The number of rotatable bonds is 2. The van der Waals surface area contributed by atoms with Crippen LogP contribution in [-0.4, -0.2) is 10.4 Å². The van der Waals surface area contributed by atoms with E-state index in [-0.39, 0.29) is 11.2 Å². The zero-order chi connectivity index (χ0) is 7.28. The molecule has 0 heterocycles. The first-order valence-corrected chi connectivity index (χ1v) is 2.56. The van der Waals surface area contributed by atoms with E-state index in [2.05, 4.69) is 11.6 Å². The molecule has 0 bridgehead atoms. The third kappa shape index (κ3) is 4.90. The van der Waals surface area contributed by atoms with Gasteiger partial charge in [-0.15, -0.1) is 0 Å². The Balaban J connectivity index is 4.05. The Kier molecular flexibility index (Phi) is 3.55. The topological polar surface area (TPSA) is 58.6 Å². The van der Waals surface area contributed by atoms with Crippen LogP contribution in [0.5, 0.6) is 0 Å². The van der Waals surface area contributed by atoms with E-state index in [0.717, 1.165) is 0 Å². The summed E-state index contributed by atoms with van der Waals surface area (Å²) in [6, 6.07) is 0. The molecule has 0 rings (SSSR count). The van der Waals surface area contributed by atoms with Crippen molar-refractivity contribution in [2.45, 2.75) is 0 Å². The highest BCUT2D eigenvalue weighted by Gasteiger charge is 1.84. The lowest BCUT2D eigenvalue weighted by molar-refractivity contribution is 0.407. The molecule has 0 aromatic heterocycles. The molecule has 0 amide bonds. The Hall–Kier alpha value is -0.960. The summed E-state index contributed by atoms with van der Waals surface area (Å²) in [6.45, 7) is 3.32. The molecule has 9 heavy (non-hydrogen) atoms. The van der Waals surface area contributed by atoms with Crippen LogP contribution in [0.15, 0.2) is 29.6 Å². The van der Waals surface area contributed by atoms with Gasteiger partial charge in [0.05, 0.1) is 0 Å². The van der Waals surface area contributed by atoms with Crippen LogP contribution in [0.25, 0.3) is 0 Å². The number of aliphatic hydroxyl groups excluding tert-OH is 1. The Morgan fingerprint density at radius 3 is 2.67 bits per heavy atom. The van der Waals surface area contributed by atoms with Crippen LogP contribution in [0.3, 0.4) is 0 Å². The van der Waals surface area contributed by atoms with Crippen LogP contribution >= 0.6 is 11.6 Å². The molecule has 3 nitrogen and oxygen atoms in total. The van der Waals surface area contributed by atoms with Crippen molar-refractivity contribution in [2.75, 3.05) is 0 Å². The van der Waals surface area contributed by atoms with Crippen molar-refractivity contribution in [1.82, 2.24) is 0 Å². The molecule has 0 aliphatic heterocycles. The second-order valence-corrected chi connectivity index (χ2v) is 1.58. The van der Waals surface area contributed by atoms with Crippen molar-refractivity contribution in [3.05, 3.63) is 24.6 Å². The SMILES string of the molecule is C=C/C=C(O)\N=C(/N)Cl. The van der Waals surface area contributed by atoms with Crippen LogP contribution < -0.4 is 5.73 Å². The third-order valence-electron chi connectivity index (χ3n) is 0.488. The summed E-state index contributed by atoms with van der Waals surface area (Å²) in [5.74, 6) is -0.252. The van der Waals surface area contributed by atoms with Gasteiger partial charge in [0.2, 0.25) is 5.88 Å². The second-order valence-electron chi connectivity index (χ2n) is 1.20. The molecule has 3 N–H and O–H groups in total. The van der Waals surface area contributed by atoms with Crippen molar-refractivity contribution in [2.24, 2.45) is 10.7 Å². The lowest BCUT2D eigenvalue weighted by Crippen LogP contribution is -2.01. The van der Waals surface area contributed by atoms with Crippen molar-refractivity contribution in [3.63, 3.8) is 0 Å². The fourth-order valence-electron chi connectivity index (χ4n) is 0.252. The number of nitrogens with two attached hydrogens (primary N) is 1. The third-order valence-corrected chi connectivity index (χ3v) is 0.573. The first-order chi connectivity index (χ1) is 4.16. The van der Waals surface area contributed by atoms with Crippen LogP contribution in [0.4, 0.5) is 0 Å². The zero-order valence-corrected chi connectivity index (χ0v) is 5.47. The van der Waals surface area contributed by atoms with E-state index in [9.17, 15) is 0 Å². The van der Waals surface area contributed by atoms with Crippen molar-refractivity contribution < 1.29 is 5.11 Å². The molecule has 0 fully saturated rings. The predicted molar refractivity (Wildman–Crippen MR) is 38.4 cm³/mol. The molecule has 0 aliphatic rings. The largest absolute Gasteiger partial charge is 0.493 e. The monoisotopic (exact) mass is 146 g/mol. The maximum absolute atomic E-state index is 8.66. The van der Waals surface area contributed by atoms with E-state index in [1.807, 2.05) is 0 Å². The van der Waals surface area contributed by atoms with Gasteiger partial charge in [-0.2, -0.15) is 4.99 Å². The molecule has 0 aromatic rings. The van der Waals surface area contributed by atoms with Gasteiger partial charge >= 0.3 is 0 Å². The average molecular weight is 147 g/mol. The smallest absolute Gasteiger partial charge is 0.213 e. The first-order valence-electron chi connectivity index (χ1n) is 2.18. The highest BCUT2D eigenvalue weighted by molar-refractivity contribution is 6.64. The van der Waals surface area contributed by atoms with Crippen molar-refractivity contribution in [3.8, 4) is 0 Å². The van der Waals surface area contributed by atoms with E-state index in [0.29, 0.717) is 0 Å². The maximum Gasteiger partial charge on any atom is 0.213 e. The zero-order valence-electron chi connectivity index (χ0n) is 4.71. The first kappa shape index (κ1) is 8.04. The maximum atomic E-state index is 8.66. The van der Waals surface area contributed by atoms with Gasteiger partial charge in [-0.25, -0.2) is 0 Å². The predicted octanol–water partition coefficient (Wildman–Crippen LogP) is 1.13. The Morgan fingerprint density at radius 1 is 1.78 bits per heavy atom. The number of halogens is 1. The van der Waals surface area contributed by atoms with E-state index < -0.39 is 0 Å². The summed E-state index contributed by atoms with van der Waals surface area (Å²) in [7, 11) is 0. The fourth-order valence-corrected chi connectivity index (χ4v) is 0.339. The molecule has 4 heteroatoms. The second kappa shape index (κ2) is 3.97. The molecule has 0 saturated heterocycles. The summed E-state index contributed by atoms with van der Waals surface area (Å²) in [4.78, 5) is 3.27. The molecule has 0 aromatic carbocycles. The lowest BCUT2D eigenvalue weighted by Gasteiger charge is -1.86. The quantitative estimate of drug-likeness (QED) is 0.202. The number of hydrogen-bond donors (Lipinski definition) is 2. The van der Waals surface area contributed by atoms with Gasteiger partial charge < -0.3 is 10.8 Å². The lowest BCUT2D eigenvalue weighted by atomic mass is 10.6. The Morgan fingerprint density at radius 2 is 2.33 bits per heavy atom. The standard InChI is InChI=1S/C5H7ClN2O/c1-2-3-4(9)8-5(6)7/h2-3,9H,1H2,(H2,7,8)/b4-3+. The number of amidine groups is 1. The summed E-state index contributed by atoms with van der Waals surface area (Å²) < 4.78 is 0. The van der Waals surface area contributed by atoms with Crippen molar-refractivity contribution >= 4 is 16.9 Å². The number of hydrogen-bond acceptors (Lipinski definition) is 2. The molecule has 0 spiro atoms. The molecule has 50 valence electrons. The van der Waals surface area contributed by atoms with Gasteiger partial charge in [0.25, 0.3) is 0 Å². The number of aliphatic hydroxyl groups is 1. The van der Waals surface area contributed by atoms with E-state index >= 15 is 0 Å². The number of allylic oxidation sites excluding steroid dienone is 2. The summed E-state index contributed by atoms with van der Waals surface area (Å²) in [5.41, 5.74) is 4.90. The van der Waals surface area contributed by atoms with Gasteiger partial charge in [-0.3, -0.25) is 0 Å². The van der Waals surface area contributed by atoms with Gasteiger partial charge in [0.1, 0.15) is 0 Å². The summed E-state index contributed by atoms with van der Waals surface area (Å²) in [6.07, 6.45) is 2.65. The minimum absolute atomic E-state index is 0.203. The van der Waals surface area contributed by atoms with Crippen LogP contribution in [0, 0.1) is 0 Å². The van der Waals surface area contributed by atoms with Crippen LogP contribution in [0.1, 0.15) is 0 Å². The van der Waals surface area contributed by atoms with Gasteiger partial charge in [-0.05, 0) is 17.7 Å². The van der Waals surface area contributed by atoms with E-state index in [1.54, 1.807) is 0 Å². The van der Waals surface area contributed by atoms with Gasteiger partial charge in [-0.1, -0.05) is 12.7 Å². The molecule has 0 unspecified atom stereocenters. The molecule has 0 saturated carbocycles. The summed E-state index contributed by atoms with van der Waals surface area (Å²) in [5, 5.41) is 8.45. The number of nitrogens with zero attached hydrogens (tertiary/aromatic N) is 1. The highest BCUT2D eigenvalue weighted by Crippen LogP contribution is 1.91. The minimum atomic E-state index is -0.252. The van der Waals surface area contributed by atoms with E-state index in [1.165, 1.54) is 12.2 Å². The molecular formula is C5H7ClN2O. The highest BCUT2D eigenvalue weighted by atomic mass is 35.5.